The summed E-state index contributed by atoms with van der Waals surface area (Å²) in [5.74, 6) is -0.0864. The maximum absolute atomic E-state index is 12.2. The van der Waals surface area contributed by atoms with Gasteiger partial charge in [0.25, 0.3) is 0 Å². The number of benzene rings is 2. The Bertz CT molecular complexity index is 734. The van der Waals surface area contributed by atoms with Crippen LogP contribution < -0.4 is 0 Å². The van der Waals surface area contributed by atoms with Gasteiger partial charge in [0.2, 0.25) is 0 Å². The molecular formula is C15H13IO3S. The maximum atomic E-state index is 12.2. The Kier molecular flexibility index (Phi) is 4.59. The summed E-state index contributed by atoms with van der Waals surface area (Å²) in [6.45, 7) is 0. The highest BCUT2D eigenvalue weighted by Gasteiger charge is 2.12. The van der Waals surface area contributed by atoms with E-state index >= 15 is 0 Å². The molecule has 104 valence electrons. The first-order valence-corrected chi connectivity index (χ1v) is 8.91. The molecule has 0 saturated carbocycles. The Labute approximate surface area is 132 Å². The second-order valence-electron chi connectivity index (χ2n) is 4.53. The number of halogens is 1. The van der Waals surface area contributed by atoms with Gasteiger partial charge in [-0.15, -0.1) is 0 Å². The van der Waals surface area contributed by atoms with E-state index in [1.54, 1.807) is 12.1 Å². The second kappa shape index (κ2) is 6.05. The van der Waals surface area contributed by atoms with Crippen LogP contribution >= 0.6 is 22.6 Å². The number of sulfone groups is 1. The molecule has 0 aromatic heterocycles. The van der Waals surface area contributed by atoms with Crippen LogP contribution in [0.3, 0.4) is 0 Å². The van der Waals surface area contributed by atoms with Crippen molar-refractivity contribution in [3.8, 4) is 0 Å². The summed E-state index contributed by atoms with van der Waals surface area (Å²) in [6, 6.07) is 13.9. The summed E-state index contributed by atoms with van der Waals surface area (Å²) >= 11 is 2.20. The van der Waals surface area contributed by atoms with Crippen molar-refractivity contribution in [2.75, 3.05) is 6.26 Å². The Hall–Kier alpha value is -1.21. The van der Waals surface area contributed by atoms with Gasteiger partial charge >= 0.3 is 0 Å². The summed E-state index contributed by atoms with van der Waals surface area (Å²) in [6.07, 6.45) is 1.40. The molecule has 2 aromatic carbocycles. The number of hydrogen-bond acceptors (Lipinski definition) is 3. The van der Waals surface area contributed by atoms with Crippen molar-refractivity contribution in [2.24, 2.45) is 0 Å². The van der Waals surface area contributed by atoms with Gasteiger partial charge in [0.1, 0.15) is 0 Å². The van der Waals surface area contributed by atoms with Crippen molar-refractivity contribution in [2.45, 2.75) is 11.3 Å². The molecule has 0 N–H and O–H groups in total. The second-order valence-corrected chi connectivity index (χ2v) is 7.79. The van der Waals surface area contributed by atoms with Crippen LogP contribution in [0.5, 0.6) is 0 Å². The van der Waals surface area contributed by atoms with E-state index in [-0.39, 0.29) is 17.1 Å². The minimum Gasteiger partial charge on any atom is -0.294 e. The molecule has 2 rings (SSSR count). The Morgan fingerprint density at radius 2 is 1.75 bits per heavy atom. The van der Waals surface area contributed by atoms with Gasteiger partial charge in [-0.25, -0.2) is 8.42 Å². The molecule has 5 heteroatoms. The summed E-state index contributed by atoms with van der Waals surface area (Å²) in [7, 11) is -3.29. The summed E-state index contributed by atoms with van der Waals surface area (Å²) in [4.78, 5) is 12.4. The molecule has 0 bridgehead atoms. The van der Waals surface area contributed by atoms with Crippen molar-refractivity contribution in [1.29, 1.82) is 0 Å². The number of Topliss-reactive ketones (excluding diaryl/α,β-unsaturated/α-hetero) is 1. The SMILES string of the molecule is CS(=O)(=O)c1cccc(C(=O)Cc2ccc(I)cc2)c1. The molecule has 0 heterocycles. The quantitative estimate of drug-likeness (QED) is 0.586. The lowest BCUT2D eigenvalue weighted by atomic mass is 10.0. The zero-order valence-electron chi connectivity index (χ0n) is 10.8. The lowest BCUT2D eigenvalue weighted by Crippen LogP contribution is -2.05. The fourth-order valence-electron chi connectivity index (χ4n) is 1.79. The molecule has 0 atom stereocenters. The predicted molar refractivity (Wildman–Crippen MR) is 86.7 cm³/mol. The standard InChI is InChI=1S/C15H13IO3S/c1-20(18,19)14-4-2-3-12(10-14)15(17)9-11-5-7-13(16)8-6-11/h2-8,10H,9H2,1H3. The lowest BCUT2D eigenvalue weighted by molar-refractivity contribution is 0.0993. The number of hydrogen-bond donors (Lipinski definition) is 0. The molecule has 0 aliphatic rings. The van der Waals surface area contributed by atoms with Gasteiger partial charge in [-0.1, -0.05) is 24.3 Å². The van der Waals surface area contributed by atoms with Gasteiger partial charge in [0.05, 0.1) is 4.90 Å². The van der Waals surface area contributed by atoms with Crippen LogP contribution in [0.1, 0.15) is 15.9 Å². The third kappa shape index (κ3) is 3.89. The van der Waals surface area contributed by atoms with Gasteiger partial charge in [0.15, 0.2) is 15.6 Å². The van der Waals surface area contributed by atoms with Crippen molar-refractivity contribution < 1.29 is 13.2 Å². The van der Waals surface area contributed by atoms with Crippen molar-refractivity contribution >= 4 is 38.2 Å². The Morgan fingerprint density at radius 1 is 1.10 bits per heavy atom. The molecule has 0 spiro atoms. The average Bonchev–Trinajstić information content (AvgIpc) is 2.40. The topological polar surface area (TPSA) is 51.2 Å². The van der Waals surface area contributed by atoms with Crippen LogP contribution in [-0.4, -0.2) is 20.5 Å². The van der Waals surface area contributed by atoms with E-state index in [0.717, 1.165) is 15.4 Å². The summed E-state index contributed by atoms with van der Waals surface area (Å²) in [5, 5.41) is 0. The molecule has 0 aliphatic heterocycles. The van der Waals surface area contributed by atoms with E-state index in [9.17, 15) is 13.2 Å². The van der Waals surface area contributed by atoms with Crippen molar-refractivity contribution in [3.63, 3.8) is 0 Å². The molecular weight excluding hydrogens is 387 g/mol. The monoisotopic (exact) mass is 400 g/mol. The van der Waals surface area contributed by atoms with E-state index < -0.39 is 9.84 Å². The van der Waals surface area contributed by atoms with Crippen LogP contribution in [0.2, 0.25) is 0 Å². The van der Waals surface area contributed by atoms with Crippen molar-refractivity contribution in [1.82, 2.24) is 0 Å². The van der Waals surface area contributed by atoms with Gasteiger partial charge in [-0.3, -0.25) is 4.79 Å². The minimum absolute atomic E-state index is 0.0864. The molecule has 3 nitrogen and oxygen atoms in total. The fraction of sp³-hybridized carbons (Fsp3) is 0.133. The van der Waals surface area contributed by atoms with Crippen LogP contribution in [0.4, 0.5) is 0 Å². The molecule has 20 heavy (non-hydrogen) atoms. The van der Waals surface area contributed by atoms with Gasteiger partial charge in [-0.2, -0.15) is 0 Å². The maximum Gasteiger partial charge on any atom is 0.175 e. The fourth-order valence-corrected chi connectivity index (χ4v) is 2.82. The molecule has 0 aliphatic carbocycles. The van der Waals surface area contributed by atoms with E-state index in [2.05, 4.69) is 22.6 Å². The Morgan fingerprint density at radius 3 is 2.35 bits per heavy atom. The number of rotatable bonds is 4. The number of carbonyl (C=O) groups is 1. The first kappa shape index (κ1) is 15.2. The molecule has 0 radical (unpaired) electrons. The minimum atomic E-state index is -3.29. The molecule has 0 unspecified atom stereocenters. The Balaban J connectivity index is 2.23. The van der Waals surface area contributed by atoms with E-state index in [1.807, 2.05) is 24.3 Å². The van der Waals surface area contributed by atoms with E-state index in [4.69, 9.17) is 0 Å². The first-order valence-electron chi connectivity index (χ1n) is 5.94. The normalized spacial score (nSPS) is 11.3. The van der Waals surface area contributed by atoms with E-state index in [1.165, 1.54) is 12.1 Å². The van der Waals surface area contributed by atoms with Crippen LogP contribution in [0.25, 0.3) is 0 Å². The summed E-state index contributed by atoms with van der Waals surface area (Å²) in [5.41, 5.74) is 1.34. The average molecular weight is 400 g/mol. The van der Waals surface area contributed by atoms with E-state index in [0.29, 0.717) is 5.56 Å². The highest BCUT2D eigenvalue weighted by molar-refractivity contribution is 14.1. The molecule has 0 amide bonds. The number of carbonyl (C=O) groups excluding carboxylic acids is 1. The van der Waals surface area contributed by atoms with Gasteiger partial charge in [-0.05, 0) is 52.4 Å². The van der Waals surface area contributed by atoms with Gasteiger partial charge in [0, 0.05) is 21.8 Å². The lowest BCUT2D eigenvalue weighted by Gasteiger charge is -2.04. The predicted octanol–water partition coefficient (Wildman–Crippen LogP) is 3.12. The highest BCUT2D eigenvalue weighted by Crippen LogP contribution is 2.14. The largest absolute Gasteiger partial charge is 0.294 e. The highest BCUT2D eigenvalue weighted by atomic mass is 127. The zero-order valence-corrected chi connectivity index (χ0v) is 13.8. The van der Waals surface area contributed by atoms with Crippen molar-refractivity contribution in [3.05, 3.63) is 63.2 Å². The summed E-state index contributed by atoms with van der Waals surface area (Å²) < 4.78 is 24.1. The zero-order chi connectivity index (χ0) is 14.8. The third-order valence-corrected chi connectivity index (χ3v) is 4.69. The third-order valence-electron chi connectivity index (χ3n) is 2.86. The van der Waals surface area contributed by atoms with Gasteiger partial charge < -0.3 is 0 Å². The van der Waals surface area contributed by atoms with Crippen LogP contribution in [0, 0.1) is 3.57 Å². The molecule has 2 aromatic rings. The smallest absolute Gasteiger partial charge is 0.175 e. The molecule has 0 saturated heterocycles. The number of ketones is 1. The first-order chi connectivity index (χ1) is 9.36. The molecule has 0 fully saturated rings. The van der Waals surface area contributed by atoms with Crippen LogP contribution in [0.15, 0.2) is 53.4 Å². The van der Waals surface area contributed by atoms with Crippen LogP contribution in [-0.2, 0) is 16.3 Å².